The second kappa shape index (κ2) is 10.4. The summed E-state index contributed by atoms with van der Waals surface area (Å²) in [4.78, 5) is 35.1. The Kier molecular flexibility index (Phi) is 6.89. The molecule has 3 N–H and O–H groups in total. The van der Waals surface area contributed by atoms with Crippen LogP contribution in [0.2, 0.25) is 0 Å². The number of hydrogen-bond acceptors (Lipinski definition) is 4. The van der Waals surface area contributed by atoms with Gasteiger partial charge >= 0.3 is 12.1 Å². The van der Waals surface area contributed by atoms with E-state index < -0.39 is 24.5 Å². The van der Waals surface area contributed by atoms with Crippen molar-refractivity contribution in [2.45, 2.75) is 5.92 Å². The van der Waals surface area contributed by atoms with E-state index in [0.717, 1.165) is 22.3 Å². The van der Waals surface area contributed by atoms with Gasteiger partial charge in [-0.05, 0) is 34.4 Å². The Hall–Kier alpha value is -4.57. The second-order valence-electron chi connectivity index (χ2n) is 7.60. The molecule has 0 radical (unpaired) electrons. The van der Waals surface area contributed by atoms with Crippen LogP contribution < -0.4 is 10.6 Å². The molecule has 0 heterocycles. The predicted molar refractivity (Wildman–Crippen MR) is 126 cm³/mol. The molecule has 0 saturated carbocycles. The van der Waals surface area contributed by atoms with Crippen molar-refractivity contribution in [3.05, 3.63) is 95.1 Å². The van der Waals surface area contributed by atoms with E-state index in [1.807, 2.05) is 24.3 Å². The van der Waals surface area contributed by atoms with Gasteiger partial charge in [-0.2, -0.15) is 0 Å². The number of alkyl carbamates (subject to hydrolysis) is 1. The average Bonchev–Trinajstić information content (AvgIpc) is 3.18. The number of carboxylic acids is 1. The van der Waals surface area contributed by atoms with Crippen molar-refractivity contribution in [3.63, 3.8) is 0 Å². The molecule has 170 valence electrons. The molecule has 4 rings (SSSR count). The van der Waals surface area contributed by atoms with Gasteiger partial charge in [0.2, 0.25) is 0 Å². The van der Waals surface area contributed by atoms with Crippen LogP contribution in [-0.2, 0) is 9.53 Å². The van der Waals surface area contributed by atoms with E-state index in [4.69, 9.17) is 9.84 Å². The smallest absolute Gasteiger partial charge is 0.407 e. The Bertz CT molecular complexity index is 1260. The number of hydrogen-bond donors (Lipinski definition) is 3. The Morgan fingerprint density at radius 2 is 1.47 bits per heavy atom. The first-order valence-electron chi connectivity index (χ1n) is 10.7. The number of carbonyl (C=O) groups is 3. The number of carboxylic acid groups (broad SMARTS) is 1. The summed E-state index contributed by atoms with van der Waals surface area (Å²) in [7, 11) is 0. The monoisotopic (exact) mass is 454 g/mol. The Morgan fingerprint density at radius 3 is 2.15 bits per heavy atom. The maximum absolute atomic E-state index is 12.2. The summed E-state index contributed by atoms with van der Waals surface area (Å²) >= 11 is 0. The Balaban J connectivity index is 1.33. The summed E-state index contributed by atoms with van der Waals surface area (Å²) < 4.78 is 5.47. The summed E-state index contributed by atoms with van der Waals surface area (Å²) in [6.07, 6.45) is -0.580. The van der Waals surface area contributed by atoms with Gasteiger partial charge in [0.15, 0.2) is 0 Å². The van der Waals surface area contributed by atoms with Gasteiger partial charge in [0.05, 0.1) is 12.1 Å². The van der Waals surface area contributed by atoms with E-state index in [0.29, 0.717) is 5.56 Å². The molecule has 7 heteroatoms. The largest absolute Gasteiger partial charge is 0.480 e. The van der Waals surface area contributed by atoms with Gasteiger partial charge in [0.25, 0.3) is 5.91 Å². The van der Waals surface area contributed by atoms with Crippen molar-refractivity contribution in [1.29, 1.82) is 0 Å². The van der Waals surface area contributed by atoms with Gasteiger partial charge in [0, 0.05) is 11.5 Å². The lowest BCUT2D eigenvalue weighted by Gasteiger charge is -2.14. The third-order valence-corrected chi connectivity index (χ3v) is 5.46. The van der Waals surface area contributed by atoms with Crippen LogP contribution >= 0.6 is 0 Å². The highest BCUT2D eigenvalue weighted by molar-refractivity contribution is 5.98. The number of nitrogens with one attached hydrogen (secondary N) is 2. The minimum Gasteiger partial charge on any atom is -0.480 e. The van der Waals surface area contributed by atoms with Crippen molar-refractivity contribution in [2.24, 2.45) is 0 Å². The number of carbonyl (C=O) groups excluding carboxylic acids is 2. The van der Waals surface area contributed by atoms with Gasteiger partial charge < -0.3 is 20.5 Å². The zero-order valence-corrected chi connectivity index (χ0v) is 18.2. The molecule has 3 aromatic carbocycles. The fourth-order valence-electron chi connectivity index (χ4n) is 3.95. The van der Waals surface area contributed by atoms with Crippen LogP contribution in [-0.4, -0.2) is 42.8 Å². The minimum absolute atomic E-state index is 0.0274. The lowest BCUT2D eigenvalue weighted by atomic mass is 9.98. The summed E-state index contributed by atoms with van der Waals surface area (Å²) in [5, 5.41) is 13.6. The quantitative estimate of drug-likeness (QED) is 0.495. The Morgan fingerprint density at radius 1 is 0.853 bits per heavy atom. The number of ether oxygens (including phenoxy) is 1. The molecule has 7 nitrogen and oxygen atoms in total. The van der Waals surface area contributed by atoms with Crippen molar-refractivity contribution in [3.8, 4) is 23.0 Å². The van der Waals surface area contributed by atoms with Gasteiger partial charge in [-0.1, -0.05) is 72.5 Å². The van der Waals surface area contributed by atoms with Crippen LogP contribution in [0.25, 0.3) is 11.1 Å². The number of amides is 2. The van der Waals surface area contributed by atoms with E-state index in [1.54, 1.807) is 24.3 Å². The predicted octanol–water partition coefficient (Wildman–Crippen LogP) is 3.39. The summed E-state index contributed by atoms with van der Waals surface area (Å²) in [6, 6.07) is 22.8. The minimum atomic E-state index is -1.13. The van der Waals surface area contributed by atoms with Crippen LogP contribution in [0.4, 0.5) is 4.79 Å². The van der Waals surface area contributed by atoms with E-state index in [9.17, 15) is 14.4 Å². The maximum atomic E-state index is 12.2. The molecule has 34 heavy (non-hydrogen) atoms. The molecule has 1 aliphatic carbocycles. The van der Waals surface area contributed by atoms with Crippen molar-refractivity contribution in [1.82, 2.24) is 10.6 Å². The molecule has 0 bridgehead atoms. The number of benzene rings is 3. The standard InChI is InChI=1S/C27H22N2O5/c30-25(31)16-29-26(32)19-10-2-1-8-18(19)9-7-15-28-27(33)34-17-24-22-13-5-3-11-20(22)21-12-4-6-14-23(21)24/h1-6,8,10-14,24H,15-17H2,(H,28,33)(H,29,32)(H,30,31). The molecule has 2 amide bonds. The highest BCUT2D eigenvalue weighted by Crippen LogP contribution is 2.44. The average molecular weight is 454 g/mol. The molecule has 0 spiro atoms. The lowest BCUT2D eigenvalue weighted by molar-refractivity contribution is -0.135. The molecular weight excluding hydrogens is 432 g/mol. The molecule has 0 unspecified atom stereocenters. The third kappa shape index (κ3) is 5.08. The first-order valence-corrected chi connectivity index (χ1v) is 10.7. The van der Waals surface area contributed by atoms with E-state index in [1.165, 1.54) is 0 Å². The van der Waals surface area contributed by atoms with Gasteiger partial charge in [-0.3, -0.25) is 9.59 Å². The lowest BCUT2D eigenvalue weighted by Crippen LogP contribution is -2.29. The van der Waals surface area contributed by atoms with Crippen molar-refractivity contribution < 1.29 is 24.2 Å². The fraction of sp³-hybridized carbons (Fsp3) is 0.148. The number of rotatable bonds is 6. The first-order chi connectivity index (χ1) is 16.5. The number of fused-ring (bicyclic) bond motifs is 3. The first kappa shape index (κ1) is 22.6. The van der Waals surface area contributed by atoms with Crippen molar-refractivity contribution in [2.75, 3.05) is 19.7 Å². The van der Waals surface area contributed by atoms with Gasteiger partial charge in [-0.15, -0.1) is 0 Å². The maximum Gasteiger partial charge on any atom is 0.407 e. The Labute approximate surface area is 196 Å². The van der Waals surface area contributed by atoms with Gasteiger partial charge in [-0.25, -0.2) is 4.79 Å². The van der Waals surface area contributed by atoms with E-state index in [-0.39, 0.29) is 24.6 Å². The van der Waals surface area contributed by atoms with Crippen LogP contribution in [0.1, 0.15) is 33.0 Å². The van der Waals surface area contributed by atoms with Crippen LogP contribution in [0.5, 0.6) is 0 Å². The molecule has 1 aliphatic rings. The van der Waals surface area contributed by atoms with Crippen LogP contribution in [0.15, 0.2) is 72.8 Å². The molecule has 0 aromatic heterocycles. The van der Waals surface area contributed by atoms with Crippen LogP contribution in [0, 0.1) is 11.8 Å². The summed E-state index contributed by atoms with van der Waals surface area (Å²) in [5.74, 6) is 3.93. The summed E-state index contributed by atoms with van der Waals surface area (Å²) in [5.41, 5.74) is 5.27. The highest BCUT2D eigenvalue weighted by atomic mass is 16.5. The third-order valence-electron chi connectivity index (χ3n) is 5.46. The molecule has 0 fully saturated rings. The van der Waals surface area contributed by atoms with Crippen LogP contribution in [0.3, 0.4) is 0 Å². The molecule has 3 aromatic rings. The van der Waals surface area contributed by atoms with Crippen molar-refractivity contribution >= 4 is 18.0 Å². The van der Waals surface area contributed by atoms with Gasteiger partial charge in [0.1, 0.15) is 13.2 Å². The zero-order valence-electron chi connectivity index (χ0n) is 18.2. The normalized spacial score (nSPS) is 11.4. The fourth-order valence-corrected chi connectivity index (χ4v) is 3.95. The van der Waals surface area contributed by atoms with E-state index in [2.05, 4.69) is 46.7 Å². The SMILES string of the molecule is O=C(O)CNC(=O)c1ccccc1C#CCNC(=O)OCC1c2ccccc2-c2ccccc21. The molecule has 0 atom stereocenters. The molecule has 0 aliphatic heterocycles. The topological polar surface area (TPSA) is 105 Å². The zero-order chi connectivity index (χ0) is 23.9. The highest BCUT2D eigenvalue weighted by Gasteiger charge is 2.28. The number of aliphatic carboxylic acids is 1. The second-order valence-corrected chi connectivity index (χ2v) is 7.60. The van der Waals surface area contributed by atoms with E-state index >= 15 is 0 Å². The molecular formula is C27H22N2O5. The summed E-state index contributed by atoms with van der Waals surface area (Å²) in [6.45, 7) is -0.244. The molecule has 0 saturated heterocycles.